The van der Waals surface area contributed by atoms with Gasteiger partial charge in [-0.3, -0.25) is 4.79 Å². The van der Waals surface area contributed by atoms with Crippen LogP contribution in [0.15, 0.2) is 42.5 Å². The van der Waals surface area contributed by atoms with E-state index in [-0.39, 0.29) is 22.6 Å². The second-order valence-corrected chi connectivity index (χ2v) is 3.96. The minimum atomic E-state index is -1.34. The zero-order valence-electron chi connectivity index (χ0n) is 9.83. The monoisotopic (exact) mass is 257 g/mol. The molecule has 0 unspecified atom stereocenters. The van der Waals surface area contributed by atoms with Crippen LogP contribution in [-0.2, 0) is 0 Å². The van der Waals surface area contributed by atoms with E-state index in [1.807, 2.05) is 0 Å². The van der Waals surface area contributed by atoms with Crippen LogP contribution < -0.4 is 5.73 Å². The third kappa shape index (κ3) is 2.40. The third-order valence-electron chi connectivity index (χ3n) is 2.67. The average Bonchev–Trinajstić information content (AvgIpc) is 2.41. The fourth-order valence-electron chi connectivity index (χ4n) is 1.71. The quantitative estimate of drug-likeness (QED) is 0.443. The SMILES string of the molecule is Nc1cc(C(=O)c2ccccc2)cc(C(=O)O)c1O. The smallest absolute Gasteiger partial charge is 0.339 e. The Kier molecular flexibility index (Phi) is 3.20. The van der Waals surface area contributed by atoms with Crippen LogP contribution in [-0.4, -0.2) is 22.0 Å². The molecule has 0 radical (unpaired) electrons. The van der Waals surface area contributed by atoms with Gasteiger partial charge in [0.2, 0.25) is 0 Å². The van der Waals surface area contributed by atoms with Crippen molar-refractivity contribution in [3.05, 3.63) is 59.2 Å². The molecule has 0 saturated carbocycles. The van der Waals surface area contributed by atoms with Crippen LogP contribution in [0.5, 0.6) is 5.75 Å². The van der Waals surface area contributed by atoms with Gasteiger partial charge in [0.05, 0.1) is 5.69 Å². The Bertz CT molecular complexity index is 650. The number of phenols is 1. The fraction of sp³-hybridized carbons (Fsp3) is 0. The molecule has 0 aromatic heterocycles. The van der Waals surface area contributed by atoms with Crippen LogP contribution in [0.1, 0.15) is 26.3 Å². The molecule has 0 aliphatic carbocycles. The van der Waals surface area contributed by atoms with Crippen molar-refractivity contribution >= 4 is 17.4 Å². The molecule has 5 heteroatoms. The lowest BCUT2D eigenvalue weighted by Gasteiger charge is -2.07. The average molecular weight is 257 g/mol. The number of aromatic hydroxyl groups is 1. The maximum Gasteiger partial charge on any atom is 0.339 e. The molecule has 2 aromatic carbocycles. The van der Waals surface area contributed by atoms with Crippen LogP contribution >= 0.6 is 0 Å². The summed E-state index contributed by atoms with van der Waals surface area (Å²) in [4.78, 5) is 23.1. The first-order valence-electron chi connectivity index (χ1n) is 5.46. The van der Waals surface area contributed by atoms with E-state index in [4.69, 9.17) is 10.8 Å². The number of benzene rings is 2. The molecule has 0 saturated heterocycles. The number of hydrogen-bond donors (Lipinski definition) is 3. The summed E-state index contributed by atoms with van der Waals surface area (Å²) in [5.74, 6) is -2.22. The highest BCUT2D eigenvalue weighted by atomic mass is 16.4. The summed E-state index contributed by atoms with van der Waals surface area (Å²) >= 11 is 0. The molecule has 96 valence electrons. The van der Waals surface area contributed by atoms with Gasteiger partial charge in [0, 0.05) is 11.1 Å². The van der Waals surface area contributed by atoms with Crippen LogP contribution in [0.25, 0.3) is 0 Å². The Hall–Kier alpha value is -2.82. The highest BCUT2D eigenvalue weighted by Crippen LogP contribution is 2.27. The lowest BCUT2D eigenvalue weighted by molar-refractivity contribution is 0.0694. The normalized spacial score (nSPS) is 10.1. The van der Waals surface area contributed by atoms with Crippen molar-refractivity contribution in [1.29, 1.82) is 0 Å². The van der Waals surface area contributed by atoms with Crippen LogP contribution in [0, 0.1) is 0 Å². The molecule has 19 heavy (non-hydrogen) atoms. The molecule has 0 aliphatic rings. The number of carboxylic acid groups (broad SMARTS) is 1. The Morgan fingerprint density at radius 1 is 1.00 bits per heavy atom. The van der Waals surface area contributed by atoms with Crippen molar-refractivity contribution in [2.75, 3.05) is 5.73 Å². The zero-order valence-corrected chi connectivity index (χ0v) is 9.83. The van der Waals surface area contributed by atoms with Crippen molar-refractivity contribution in [3.63, 3.8) is 0 Å². The summed E-state index contributed by atoms with van der Waals surface area (Å²) in [6.07, 6.45) is 0. The van der Waals surface area contributed by atoms with E-state index >= 15 is 0 Å². The Balaban J connectivity index is 2.52. The van der Waals surface area contributed by atoms with E-state index in [1.165, 1.54) is 6.07 Å². The largest absolute Gasteiger partial charge is 0.505 e. The van der Waals surface area contributed by atoms with Gasteiger partial charge in [0.25, 0.3) is 0 Å². The number of nitrogens with two attached hydrogens (primary N) is 1. The molecule has 0 amide bonds. The number of nitrogen functional groups attached to an aromatic ring is 1. The van der Waals surface area contributed by atoms with E-state index in [2.05, 4.69) is 0 Å². The number of rotatable bonds is 3. The van der Waals surface area contributed by atoms with Gasteiger partial charge in [0.1, 0.15) is 5.56 Å². The molecule has 4 N–H and O–H groups in total. The number of carbonyl (C=O) groups excluding carboxylic acids is 1. The Morgan fingerprint density at radius 2 is 1.63 bits per heavy atom. The molecule has 0 atom stereocenters. The molecule has 0 spiro atoms. The van der Waals surface area contributed by atoms with E-state index in [1.54, 1.807) is 30.3 Å². The Morgan fingerprint density at radius 3 is 2.21 bits per heavy atom. The highest BCUT2D eigenvalue weighted by molar-refractivity contribution is 6.11. The predicted octanol–water partition coefficient (Wildman–Crippen LogP) is 1.90. The molecular weight excluding hydrogens is 246 g/mol. The number of ketones is 1. The second kappa shape index (κ2) is 4.81. The fourth-order valence-corrected chi connectivity index (χ4v) is 1.71. The van der Waals surface area contributed by atoms with Gasteiger partial charge >= 0.3 is 5.97 Å². The first kappa shape index (κ1) is 12.6. The highest BCUT2D eigenvalue weighted by Gasteiger charge is 2.18. The predicted molar refractivity (Wildman–Crippen MR) is 69.4 cm³/mol. The molecule has 5 nitrogen and oxygen atoms in total. The lowest BCUT2D eigenvalue weighted by Crippen LogP contribution is -2.06. The summed E-state index contributed by atoms with van der Waals surface area (Å²) < 4.78 is 0. The van der Waals surface area contributed by atoms with E-state index in [0.29, 0.717) is 5.56 Å². The molecule has 0 aliphatic heterocycles. The summed E-state index contributed by atoms with van der Waals surface area (Å²) in [6, 6.07) is 10.8. The van der Waals surface area contributed by atoms with Crippen LogP contribution in [0.4, 0.5) is 5.69 Å². The van der Waals surface area contributed by atoms with Gasteiger partial charge in [-0.1, -0.05) is 30.3 Å². The van der Waals surface area contributed by atoms with E-state index in [9.17, 15) is 14.7 Å². The van der Waals surface area contributed by atoms with Gasteiger partial charge in [-0.2, -0.15) is 0 Å². The summed E-state index contributed by atoms with van der Waals surface area (Å²) in [5.41, 5.74) is 5.52. The summed E-state index contributed by atoms with van der Waals surface area (Å²) in [6.45, 7) is 0. The lowest BCUT2D eigenvalue weighted by atomic mass is 10.00. The van der Waals surface area contributed by atoms with Crippen LogP contribution in [0.2, 0.25) is 0 Å². The maximum atomic E-state index is 12.2. The first-order valence-corrected chi connectivity index (χ1v) is 5.46. The second-order valence-electron chi connectivity index (χ2n) is 3.96. The Labute approximate surface area is 108 Å². The van der Waals surface area contributed by atoms with E-state index in [0.717, 1.165) is 6.07 Å². The number of carboxylic acids is 1. The first-order chi connectivity index (χ1) is 9.00. The molecule has 2 rings (SSSR count). The summed E-state index contributed by atoms with van der Waals surface area (Å²) in [5, 5.41) is 18.5. The van der Waals surface area contributed by atoms with Gasteiger partial charge in [0.15, 0.2) is 11.5 Å². The topological polar surface area (TPSA) is 101 Å². The molecule has 2 aromatic rings. The number of anilines is 1. The number of carbonyl (C=O) groups is 2. The van der Waals surface area contributed by atoms with Crippen molar-refractivity contribution in [1.82, 2.24) is 0 Å². The standard InChI is InChI=1S/C14H11NO4/c15-11-7-9(6-10(13(11)17)14(18)19)12(16)8-4-2-1-3-5-8/h1-7,17H,15H2,(H,18,19). The number of aromatic carboxylic acids is 1. The molecule has 0 heterocycles. The third-order valence-corrected chi connectivity index (χ3v) is 2.67. The maximum absolute atomic E-state index is 12.2. The summed E-state index contributed by atoms with van der Waals surface area (Å²) in [7, 11) is 0. The van der Waals surface area contributed by atoms with Crippen molar-refractivity contribution in [3.8, 4) is 5.75 Å². The van der Waals surface area contributed by atoms with Gasteiger partial charge in [-0.05, 0) is 12.1 Å². The number of hydrogen-bond acceptors (Lipinski definition) is 4. The van der Waals surface area contributed by atoms with E-state index < -0.39 is 11.7 Å². The van der Waals surface area contributed by atoms with Crippen molar-refractivity contribution < 1.29 is 19.8 Å². The molecule has 0 bridgehead atoms. The molecular formula is C14H11NO4. The van der Waals surface area contributed by atoms with Gasteiger partial charge in [-0.15, -0.1) is 0 Å². The van der Waals surface area contributed by atoms with Crippen molar-refractivity contribution in [2.24, 2.45) is 0 Å². The van der Waals surface area contributed by atoms with Gasteiger partial charge < -0.3 is 15.9 Å². The molecule has 0 fully saturated rings. The van der Waals surface area contributed by atoms with Crippen LogP contribution in [0.3, 0.4) is 0 Å². The van der Waals surface area contributed by atoms with Crippen molar-refractivity contribution in [2.45, 2.75) is 0 Å². The minimum Gasteiger partial charge on any atom is -0.505 e. The van der Waals surface area contributed by atoms with Gasteiger partial charge in [-0.25, -0.2) is 4.79 Å². The minimum absolute atomic E-state index is 0.124. The zero-order chi connectivity index (χ0) is 14.0.